The molecule has 0 bridgehead atoms. The molecule has 35 heavy (non-hydrogen) atoms. The molecule has 1 aliphatic heterocycles. The van der Waals surface area contributed by atoms with E-state index in [0.717, 1.165) is 41.7 Å². The van der Waals surface area contributed by atoms with E-state index in [9.17, 15) is 4.79 Å². The number of aromatic nitrogens is 5. The molecule has 4 aromatic rings. The summed E-state index contributed by atoms with van der Waals surface area (Å²) >= 11 is 0. The summed E-state index contributed by atoms with van der Waals surface area (Å²) in [6, 6.07) is 16.2. The molecule has 180 valence electrons. The van der Waals surface area contributed by atoms with Gasteiger partial charge in [0.05, 0.1) is 18.7 Å². The summed E-state index contributed by atoms with van der Waals surface area (Å²) in [7, 11) is 1.63. The molecule has 0 unspecified atom stereocenters. The third-order valence-electron chi connectivity index (χ3n) is 7.60. The topological polar surface area (TPSA) is 88.9 Å². The third kappa shape index (κ3) is 3.77. The van der Waals surface area contributed by atoms with Crippen LogP contribution in [-0.2, 0) is 6.42 Å². The van der Waals surface area contributed by atoms with Gasteiger partial charge in [0.15, 0.2) is 5.82 Å². The first-order valence-electron chi connectivity index (χ1n) is 12.5. The van der Waals surface area contributed by atoms with Crippen molar-refractivity contribution in [2.75, 3.05) is 12.0 Å². The Morgan fingerprint density at radius 3 is 2.74 bits per heavy atom. The van der Waals surface area contributed by atoms with Crippen molar-refractivity contribution >= 4 is 16.6 Å². The lowest BCUT2D eigenvalue weighted by Crippen LogP contribution is -2.39. The third-order valence-corrected chi connectivity index (χ3v) is 7.60. The van der Waals surface area contributed by atoms with Crippen molar-refractivity contribution < 1.29 is 4.74 Å². The average molecular weight is 471 g/mol. The quantitative estimate of drug-likeness (QED) is 0.460. The van der Waals surface area contributed by atoms with Gasteiger partial charge in [-0.05, 0) is 71.8 Å². The van der Waals surface area contributed by atoms with Crippen LogP contribution in [0.3, 0.4) is 0 Å². The van der Waals surface area contributed by atoms with Crippen LogP contribution in [0.2, 0.25) is 0 Å². The van der Waals surface area contributed by atoms with Gasteiger partial charge in [-0.25, -0.2) is 4.68 Å². The van der Waals surface area contributed by atoms with Gasteiger partial charge in [0.25, 0.3) is 5.56 Å². The van der Waals surface area contributed by atoms with E-state index in [1.165, 1.54) is 24.8 Å². The fourth-order valence-electron chi connectivity index (χ4n) is 5.89. The molecule has 1 saturated carbocycles. The lowest BCUT2D eigenvalue weighted by atomic mass is 9.95. The van der Waals surface area contributed by atoms with Gasteiger partial charge < -0.3 is 14.6 Å². The second-order valence-electron chi connectivity index (χ2n) is 9.77. The molecule has 6 rings (SSSR count). The Hall–Kier alpha value is -3.68. The van der Waals surface area contributed by atoms with Gasteiger partial charge in [0.1, 0.15) is 11.8 Å². The van der Waals surface area contributed by atoms with Crippen molar-refractivity contribution in [3.8, 4) is 5.75 Å². The maximum absolute atomic E-state index is 13.6. The highest BCUT2D eigenvalue weighted by Gasteiger charge is 2.38. The first-order chi connectivity index (χ1) is 17.1. The molecule has 0 radical (unpaired) electrons. The first-order valence-corrected chi connectivity index (χ1v) is 12.5. The van der Waals surface area contributed by atoms with E-state index >= 15 is 0 Å². The van der Waals surface area contributed by atoms with Crippen LogP contribution in [0.25, 0.3) is 10.9 Å². The van der Waals surface area contributed by atoms with E-state index in [1.807, 2.05) is 28.9 Å². The number of nitrogens with zero attached hydrogens (tertiary/aromatic N) is 5. The summed E-state index contributed by atoms with van der Waals surface area (Å²) in [5.74, 6) is 1.44. The summed E-state index contributed by atoms with van der Waals surface area (Å²) < 4.78 is 7.35. The number of nitrogens with one attached hydrogen (secondary N) is 1. The number of pyridine rings is 1. The minimum absolute atomic E-state index is 0.134. The molecule has 2 atom stereocenters. The van der Waals surface area contributed by atoms with Crippen molar-refractivity contribution in [1.29, 1.82) is 0 Å². The first kappa shape index (κ1) is 21.8. The number of para-hydroxylation sites is 1. The largest absolute Gasteiger partial charge is 0.497 e. The molecule has 0 saturated heterocycles. The second-order valence-corrected chi connectivity index (χ2v) is 9.77. The number of hydrogen-bond donors (Lipinski definition) is 1. The molecule has 2 aromatic heterocycles. The number of anilines is 1. The SMILES string of the molecule is COc1ccc2cc([C@@H](c3nnnn3C3CCCCC3)N3c4ccccc4C[C@@H]3C)c(=O)[nH]c2c1. The number of aromatic amines is 1. The second kappa shape index (κ2) is 8.83. The molecule has 1 aliphatic carbocycles. The van der Waals surface area contributed by atoms with Crippen LogP contribution >= 0.6 is 0 Å². The number of hydrogen-bond acceptors (Lipinski definition) is 6. The van der Waals surface area contributed by atoms with Crippen molar-refractivity contribution in [2.45, 2.75) is 63.6 Å². The van der Waals surface area contributed by atoms with E-state index in [0.29, 0.717) is 11.3 Å². The fraction of sp³-hybridized carbons (Fsp3) is 0.407. The number of rotatable bonds is 5. The van der Waals surface area contributed by atoms with E-state index in [2.05, 4.69) is 56.6 Å². The summed E-state index contributed by atoms with van der Waals surface area (Å²) in [5.41, 5.74) is 3.68. The highest BCUT2D eigenvalue weighted by molar-refractivity contribution is 5.81. The van der Waals surface area contributed by atoms with Crippen LogP contribution in [0.5, 0.6) is 5.75 Å². The van der Waals surface area contributed by atoms with Crippen LogP contribution in [0.4, 0.5) is 5.69 Å². The molecule has 8 nitrogen and oxygen atoms in total. The van der Waals surface area contributed by atoms with Gasteiger partial charge in [0.2, 0.25) is 0 Å². The lowest BCUT2D eigenvalue weighted by molar-refractivity contribution is 0.312. The summed E-state index contributed by atoms with van der Waals surface area (Å²) in [5, 5.41) is 14.1. The fourth-order valence-corrected chi connectivity index (χ4v) is 5.89. The number of H-pyrrole nitrogens is 1. The maximum atomic E-state index is 13.6. The predicted octanol–water partition coefficient (Wildman–Crippen LogP) is 4.57. The Kier molecular flexibility index (Phi) is 5.51. The summed E-state index contributed by atoms with van der Waals surface area (Å²) in [4.78, 5) is 19.1. The van der Waals surface area contributed by atoms with Crippen LogP contribution in [-0.4, -0.2) is 38.3 Å². The van der Waals surface area contributed by atoms with Gasteiger partial charge in [-0.1, -0.05) is 37.5 Å². The number of tetrazole rings is 1. The zero-order valence-corrected chi connectivity index (χ0v) is 20.1. The molecule has 1 N–H and O–H groups in total. The van der Waals surface area contributed by atoms with Gasteiger partial charge in [-0.2, -0.15) is 0 Å². The van der Waals surface area contributed by atoms with Gasteiger partial charge in [-0.15, -0.1) is 5.10 Å². The van der Waals surface area contributed by atoms with Crippen LogP contribution in [0.15, 0.2) is 53.3 Å². The molecule has 0 amide bonds. The summed E-state index contributed by atoms with van der Waals surface area (Å²) in [6.07, 6.45) is 6.64. The predicted molar refractivity (Wildman–Crippen MR) is 135 cm³/mol. The van der Waals surface area contributed by atoms with Gasteiger partial charge >= 0.3 is 0 Å². The molecule has 8 heteroatoms. The Balaban J connectivity index is 1.55. The van der Waals surface area contributed by atoms with E-state index in [1.54, 1.807) is 7.11 Å². The minimum atomic E-state index is -0.402. The molecular weight excluding hydrogens is 440 g/mol. The smallest absolute Gasteiger partial charge is 0.254 e. The van der Waals surface area contributed by atoms with Gasteiger partial charge in [-0.3, -0.25) is 4.79 Å². The monoisotopic (exact) mass is 470 g/mol. The zero-order valence-electron chi connectivity index (χ0n) is 20.1. The lowest BCUT2D eigenvalue weighted by Gasteiger charge is -2.34. The number of ether oxygens (including phenoxy) is 1. The van der Waals surface area contributed by atoms with E-state index in [4.69, 9.17) is 4.74 Å². The molecular formula is C27H30N6O2. The Morgan fingerprint density at radius 1 is 1.09 bits per heavy atom. The Bertz CT molecular complexity index is 1420. The normalized spacial score (nSPS) is 19.1. The standard InChI is InChI=1S/C27H30N6O2/c1-17-14-19-8-6-7-11-24(19)32(17)25(26-29-30-31-33(26)20-9-4-3-5-10-20)22-15-18-12-13-21(35-2)16-23(18)28-27(22)34/h6-8,11-13,15-17,20,25H,3-5,9-10,14H2,1-2H3,(H,28,34)/t17-,25-/m0/s1. The van der Waals surface area contributed by atoms with Crippen molar-refractivity contribution in [3.63, 3.8) is 0 Å². The molecule has 0 spiro atoms. The molecule has 2 aliphatic rings. The average Bonchev–Trinajstić information content (AvgIpc) is 3.49. The zero-order chi connectivity index (χ0) is 23.9. The summed E-state index contributed by atoms with van der Waals surface area (Å²) in [6.45, 7) is 2.21. The van der Waals surface area contributed by atoms with Gasteiger partial charge in [0, 0.05) is 23.4 Å². The van der Waals surface area contributed by atoms with Crippen LogP contribution in [0.1, 0.15) is 68.1 Å². The molecule has 2 aromatic carbocycles. The maximum Gasteiger partial charge on any atom is 0.254 e. The number of fused-ring (bicyclic) bond motifs is 2. The van der Waals surface area contributed by atoms with Crippen LogP contribution < -0.4 is 15.2 Å². The minimum Gasteiger partial charge on any atom is -0.497 e. The number of methoxy groups -OCH3 is 1. The Labute approximate surface area is 203 Å². The van der Waals surface area contributed by atoms with Crippen LogP contribution in [0, 0.1) is 0 Å². The van der Waals surface area contributed by atoms with E-state index < -0.39 is 6.04 Å². The van der Waals surface area contributed by atoms with Crippen molar-refractivity contribution in [1.82, 2.24) is 25.2 Å². The van der Waals surface area contributed by atoms with Crippen molar-refractivity contribution in [2.24, 2.45) is 0 Å². The van der Waals surface area contributed by atoms with Crippen molar-refractivity contribution in [3.05, 3.63) is 75.8 Å². The number of benzene rings is 2. The highest BCUT2D eigenvalue weighted by atomic mass is 16.5. The van der Waals surface area contributed by atoms with E-state index in [-0.39, 0.29) is 17.6 Å². The Morgan fingerprint density at radius 2 is 1.91 bits per heavy atom. The molecule has 1 fully saturated rings. The molecule has 3 heterocycles. The highest BCUT2D eigenvalue weighted by Crippen LogP contribution is 2.41.